The number of amides is 2. The van der Waals surface area contributed by atoms with Crippen molar-refractivity contribution in [2.45, 2.75) is 38.4 Å². The zero-order chi connectivity index (χ0) is 21.7. The van der Waals surface area contributed by atoms with Gasteiger partial charge in [-0.2, -0.15) is 0 Å². The minimum absolute atomic E-state index is 0.162. The Morgan fingerprint density at radius 3 is 2.57 bits per heavy atom. The van der Waals surface area contributed by atoms with Crippen molar-refractivity contribution < 1.29 is 22.4 Å². The van der Waals surface area contributed by atoms with E-state index in [1.54, 1.807) is 0 Å². The summed E-state index contributed by atoms with van der Waals surface area (Å²) in [6.45, 7) is 4.27. The van der Waals surface area contributed by atoms with E-state index in [0.29, 0.717) is 6.07 Å². The normalized spacial score (nSPS) is 18.9. The number of hydrogen-bond acceptors (Lipinski definition) is 2. The minimum Gasteiger partial charge on any atom is -0.335 e. The molecule has 0 aromatic heterocycles. The van der Waals surface area contributed by atoms with E-state index in [1.807, 2.05) is 25.1 Å². The van der Waals surface area contributed by atoms with Crippen LogP contribution in [0.4, 0.5) is 22.4 Å². The second-order valence-corrected chi connectivity index (χ2v) is 7.65. The first-order valence-electron chi connectivity index (χ1n) is 9.90. The molecule has 2 amide bonds. The molecule has 2 aromatic rings. The summed E-state index contributed by atoms with van der Waals surface area (Å²) in [5.41, 5.74) is 0.621. The van der Waals surface area contributed by atoms with Gasteiger partial charge >= 0.3 is 6.03 Å². The van der Waals surface area contributed by atoms with Crippen molar-refractivity contribution in [1.29, 1.82) is 0 Å². The molecule has 30 heavy (non-hydrogen) atoms. The average Bonchev–Trinajstić information content (AvgIpc) is 3.17. The lowest BCUT2D eigenvalue weighted by molar-refractivity contribution is 0.0990. The van der Waals surface area contributed by atoms with Gasteiger partial charge in [0.2, 0.25) is 0 Å². The Kier molecular flexibility index (Phi) is 7.31. The Morgan fingerprint density at radius 1 is 1.13 bits per heavy atom. The van der Waals surface area contributed by atoms with Crippen LogP contribution in [0.25, 0.3) is 0 Å². The zero-order valence-corrected chi connectivity index (χ0v) is 16.6. The number of hydrogen-bond donors (Lipinski definition) is 2. The lowest BCUT2D eigenvalue weighted by Gasteiger charge is -2.24. The molecule has 1 saturated heterocycles. The van der Waals surface area contributed by atoms with Gasteiger partial charge in [-0.15, -0.1) is 0 Å². The molecule has 0 radical (unpaired) electrons. The Morgan fingerprint density at radius 2 is 1.87 bits per heavy atom. The van der Waals surface area contributed by atoms with Crippen molar-refractivity contribution in [3.8, 4) is 0 Å². The molecule has 0 saturated carbocycles. The van der Waals surface area contributed by atoms with E-state index in [0.717, 1.165) is 38.2 Å². The number of halogens is 4. The van der Waals surface area contributed by atoms with Gasteiger partial charge in [-0.1, -0.05) is 30.3 Å². The second kappa shape index (κ2) is 9.93. The molecular weight excluding hydrogens is 398 g/mol. The zero-order valence-electron chi connectivity index (χ0n) is 16.6. The van der Waals surface area contributed by atoms with E-state index in [-0.39, 0.29) is 12.0 Å². The number of carbonyl (C=O) groups excluding carboxylic acids is 1. The summed E-state index contributed by atoms with van der Waals surface area (Å²) in [4.78, 5) is 14.6. The fourth-order valence-electron chi connectivity index (χ4n) is 3.79. The number of rotatable bonds is 7. The maximum atomic E-state index is 13.9. The molecule has 4 nitrogen and oxygen atoms in total. The molecule has 3 rings (SSSR count). The molecular formula is C22H25F4N3O. The van der Waals surface area contributed by atoms with Gasteiger partial charge in [0.25, 0.3) is 6.43 Å². The molecule has 1 aliphatic heterocycles. The number of nitrogens with one attached hydrogen (secondary N) is 2. The van der Waals surface area contributed by atoms with Gasteiger partial charge in [-0.25, -0.2) is 22.4 Å². The van der Waals surface area contributed by atoms with Crippen LogP contribution in [-0.2, 0) is 6.54 Å². The van der Waals surface area contributed by atoms with E-state index in [2.05, 4.69) is 27.7 Å². The molecule has 3 atom stereocenters. The van der Waals surface area contributed by atoms with Crippen molar-refractivity contribution in [1.82, 2.24) is 15.5 Å². The summed E-state index contributed by atoms with van der Waals surface area (Å²) in [6, 6.07) is 9.28. The van der Waals surface area contributed by atoms with Gasteiger partial charge in [0.1, 0.15) is 17.7 Å². The summed E-state index contributed by atoms with van der Waals surface area (Å²) >= 11 is 0. The smallest absolute Gasteiger partial charge is 0.315 e. The van der Waals surface area contributed by atoms with E-state index in [1.165, 1.54) is 5.56 Å². The highest BCUT2D eigenvalue weighted by Gasteiger charge is 2.31. The van der Waals surface area contributed by atoms with Gasteiger partial charge in [0.05, 0.1) is 0 Å². The number of carbonyl (C=O) groups is 1. The Hall–Kier alpha value is -2.61. The quantitative estimate of drug-likeness (QED) is 0.645. The van der Waals surface area contributed by atoms with Gasteiger partial charge in [-0.3, -0.25) is 4.90 Å². The number of benzene rings is 2. The third-order valence-electron chi connectivity index (χ3n) is 5.46. The van der Waals surface area contributed by atoms with E-state index in [4.69, 9.17) is 0 Å². The summed E-state index contributed by atoms with van der Waals surface area (Å²) in [5, 5.41) is 4.76. The monoisotopic (exact) mass is 423 g/mol. The van der Waals surface area contributed by atoms with Crippen LogP contribution in [0.5, 0.6) is 0 Å². The molecule has 0 spiro atoms. The number of nitrogens with zero attached hydrogens (tertiary/aromatic N) is 1. The minimum atomic E-state index is -3.09. The Labute approximate surface area is 173 Å². The number of urea groups is 1. The highest BCUT2D eigenvalue weighted by molar-refractivity contribution is 5.74. The highest BCUT2D eigenvalue weighted by atomic mass is 19.3. The summed E-state index contributed by atoms with van der Waals surface area (Å²) in [6.07, 6.45) is -2.22. The van der Waals surface area contributed by atoms with Crippen LogP contribution in [0, 0.1) is 17.6 Å². The first kappa shape index (κ1) is 22.1. The highest BCUT2D eigenvalue weighted by Crippen LogP contribution is 2.25. The Bertz CT molecular complexity index is 850. The van der Waals surface area contributed by atoms with Gasteiger partial charge < -0.3 is 10.6 Å². The lowest BCUT2D eigenvalue weighted by atomic mass is 10.0. The van der Waals surface area contributed by atoms with Crippen molar-refractivity contribution in [3.63, 3.8) is 0 Å². The molecule has 3 unspecified atom stereocenters. The second-order valence-electron chi connectivity index (χ2n) is 7.65. The van der Waals surface area contributed by atoms with Crippen molar-refractivity contribution in [3.05, 3.63) is 71.3 Å². The number of likely N-dealkylation sites (tertiary alicyclic amines) is 1. The fraction of sp³-hybridized carbons (Fsp3) is 0.409. The predicted molar refractivity (Wildman–Crippen MR) is 106 cm³/mol. The van der Waals surface area contributed by atoms with Crippen molar-refractivity contribution >= 4 is 6.03 Å². The molecule has 8 heteroatoms. The standard InChI is InChI=1S/C22H25F4N3O/c1-14(16-9-10-29(13-16)12-15-5-3-2-4-6-15)27-22(30)28-20(21(25)26)18-11-17(23)7-8-19(18)24/h2-8,11,14,16,20-21H,9-10,12-13H2,1H3,(H2,27,28,30). The van der Waals surface area contributed by atoms with Crippen LogP contribution in [-0.4, -0.2) is 36.5 Å². The fourth-order valence-corrected chi connectivity index (χ4v) is 3.79. The van der Waals surface area contributed by atoms with Crippen LogP contribution >= 0.6 is 0 Å². The first-order valence-corrected chi connectivity index (χ1v) is 9.90. The summed E-state index contributed by atoms with van der Waals surface area (Å²) in [5.74, 6) is -1.69. The molecule has 2 N–H and O–H groups in total. The van der Waals surface area contributed by atoms with Crippen molar-refractivity contribution in [2.24, 2.45) is 5.92 Å². The molecule has 162 valence electrons. The topological polar surface area (TPSA) is 44.4 Å². The first-order chi connectivity index (χ1) is 14.3. The van der Waals surface area contributed by atoms with Gasteiger partial charge in [0, 0.05) is 24.7 Å². The number of alkyl halides is 2. The third kappa shape index (κ3) is 5.72. The largest absolute Gasteiger partial charge is 0.335 e. The van der Waals surface area contributed by atoms with E-state index in [9.17, 15) is 22.4 Å². The van der Waals surface area contributed by atoms with Gasteiger partial charge in [0.15, 0.2) is 0 Å². The molecule has 2 aromatic carbocycles. The molecule has 1 aliphatic rings. The Balaban J connectivity index is 1.55. The summed E-state index contributed by atoms with van der Waals surface area (Å²) in [7, 11) is 0. The maximum Gasteiger partial charge on any atom is 0.315 e. The summed E-state index contributed by atoms with van der Waals surface area (Å²) < 4.78 is 54.1. The average molecular weight is 423 g/mol. The molecule has 1 heterocycles. The molecule has 0 aliphatic carbocycles. The van der Waals surface area contributed by atoms with Crippen LogP contribution in [0.3, 0.4) is 0 Å². The van der Waals surface area contributed by atoms with E-state index < -0.39 is 35.7 Å². The molecule has 0 bridgehead atoms. The predicted octanol–water partition coefficient (Wildman–Crippen LogP) is 4.48. The third-order valence-corrected chi connectivity index (χ3v) is 5.46. The van der Waals surface area contributed by atoms with Crippen LogP contribution in [0.2, 0.25) is 0 Å². The lowest BCUT2D eigenvalue weighted by Crippen LogP contribution is -2.47. The maximum absolute atomic E-state index is 13.9. The van der Waals surface area contributed by atoms with Crippen LogP contribution < -0.4 is 10.6 Å². The SMILES string of the molecule is CC(NC(=O)NC(c1cc(F)ccc1F)C(F)F)C1CCN(Cc2ccccc2)C1. The van der Waals surface area contributed by atoms with E-state index >= 15 is 0 Å². The van der Waals surface area contributed by atoms with Gasteiger partial charge in [-0.05, 0) is 49.6 Å². The molecule has 1 fully saturated rings. The van der Waals surface area contributed by atoms with Crippen molar-refractivity contribution in [2.75, 3.05) is 13.1 Å². The van der Waals surface area contributed by atoms with Crippen LogP contribution in [0.15, 0.2) is 48.5 Å². The van der Waals surface area contributed by atoms with Crippen LogP contribution in [0.1, 0.15) is 30.5 Å².